The zero-order chi connectivity index (χ0) is 13.9. The highest BCUT2D eigenvalue weighted by Crippen LogP contribution is 2.11. The molecule has 98 valence electrons. The van der Waals surface area contributed by atoms with Crippen molar-refractivity contribution in [3.05, 3.63) is 29.1 Å². The van der Waals surface area contributed by atoms with E-state index in [2.05, 4.69) is 10.3 Å². The van der Waals surface area contributed by atoms with Crippen LogP contribution >= 0.6 is 0 Å². The first-order valence-electron chi connectivity index (χ1n) is 5.80. The van der Waals surface area contributed by atoms with E-state index in [4.69, 9.17) is 5.11 Å². The van der Waals surface area contributed by atoms with Crippen molar-refractivity contribution in [3.63, 3.8) is 0 Å². The number of carbonyl (C=O) groups excluding carboxylic acids is 1. The van der Waals surface area contributed by atoms with Gasteiger partial charge in [0, 0.05) is 5.54 Å². The van der Waals surface area contributed by atoms with E-state index >= 15 is 0 Å². The first kappa shape index (κ1) is 14.2. The molecular formula is C13H18N2O3. The molecule has 5 nitrogen and oxygen atoms in total. The number of carbonyl (C=O) groups is 2. The molecule has 0 aliphatic carbocycles. The van der Waals surface area contributed by atoms with Gasteiger partial charge in [0.2, 0.25) is 0 Å². The maximum absolute atomic E-state index is 11.9. The van der Waals surface area contributed by atoms with Gasteiger partial charge in [-0.3, -0.25) is 4.79 Å². The monoisotopic (exact) mass is 250 g/mol. The molecule has 0 atom stereocenters. The first-order valence-corrected chi connectivity index (χ1v) is 5.80. The summed E-state index contributed by atoms with van der Waals surface area (Å²) >= 11 is 0. The maximum Gasteiger partial charge on any atom is 0.337 e. The second-order valence-electron chi connectivity index (χ2n) is 4.83. The van der Waals surface area contributed by atoms with E-state index in [9.17, 15) is 9.59 Å². The van der Waals surface area contributed by atoms with Crippen LogP contribution in [0.4, 0.5) is 0 Å². The van der Waals surface area contributed by atoms with Gasteiger partial charge in [0.25, 0.3) is 5.91 Å². The van der Waals surface area contributed by atoms with E-state index in [0.29, 0.717) is 5.69 Å². The molecule has 0 aliphatic heterocycles. The third-order valence-corrected chi connectivity index (χ3v) is 2.88. The van der Waals surface area contributed by atoms with Crippen LogP contribution in [0.3, 0.4) is 0 Å². The fourth-order valence-electron chi connectivity index (χ4n) is 1.37. The van der Waals surface area contributed by atoms with Crippen molar-refractivity contribution < 1.29 is 14.7 Å². The van der Waals surface area contributed by atoms with Gasteiger partial charge >= 0.3 is 5.97 Å². The number of carboxylic acids is 1. The SMILES string of the molecule is CCC(C)(C)NC(=O)c1ccc(C(=O)O)c(C)n1. The van der Waals surface area contributed by atoms with Crippen LogP contribution in [-0.4, -0.2) is 27.5 Å². The quantitative estimate of drug-likeness (QED) is 0.856. The molecule has 2 N–H and O–H groups in total. The zero-order valence-electron chi connectivity index (χ0n) is 11.1. The summed E-state index contributed by atoms with van der Waals surface area (Å²) in [5, 5.41) is 11.7. The lowest BCUT2D eigenvalue weighted by Crippen LogP contribution is -2.43. The van der Waals surface area contributed by atoms with Crippen LogP contribution in [0.5, 0.6) is 0 Å². The van der Waals surface area contributed by atoms with E-state index in [-0.39, 0.29) is 22.7 Å². The topological polar surface area (TPSA) is 79.3 Å². The van der Waals surface area contributed by atoms with Crippen molar-refractivity contribution >= 4 is 11.9 Å². The Morgan fingerprint density at radius 2 is 2.00 bits per heavy atom. The van der Waals surface area contributed by atoms with Gasteiger partial charge in [-0.05, 0) is 39.3 Å². The van der Waals surface area contributed by atoms with Crippen LogP contribution in [0.1, 0.15) is 53.7 Å². The Morgan fingerprint density at radius 1 is 1.39 bits per heavy atom. The van der Waals surface area contributed by atoms with Crippen molar-refractivity contribution in [2.75, 3.05) is 0 Å². The lowest BCUT2D eigenvalue weighted by molar-refractivity contribution is 0.0694. The van der Waals surface area contributed by atoms with Crippen LogP contribution in [0.25, 0.3) is 0 Å². The van der Waals surface area contributed by atoms with E-state index in [0.717, 1.165) is 6.42 Å². The first-order chi connectivity index (χ1) is 8.26. The highest BCUT2D eigenvalue weighted by atomic mass is 16.4. The number of pyridine rings is 1. The highest BCUT2D eigenvalue weighted by Gasteiger charge is 2.20. The summed E-state index contributed by atoms with van der Waals surface area (Å²) in [6.45, 7) is 7.39. The zero-order valence-corrected chi connectivity index (χ0v) is 11.1. The highest BCUT2D eigenvalue weighted by molar-refractivity contribution is 5.94. The van der Waals surface area contributed by atoms with Gasteiger partial charge in [0.05, 0.1) is 11.3 Å². The van der Waals surface area contributed by atoms with Crippen LogP contribution in [0, 0.1) is 6.92 Å². The summed E-state index contributed by atoms with van der Waals surface area (Å²) in [7, 11) is 0. The molecule has 0 bridgehead atoms. The number of hydrogen-bond acceptors (Lipinski definition) is 3. The number of aromatic carboxylic acids is 1. The molecule has 0 fully saturated rings. The Balaban J connectivity index is 2.95. The number of nitrogens with zero attached hydrogens (tertiary/aromatic N) is 1. The third kappa shape index (κ3) is 3.29. The number of amides is 1. The van der Waals surface area contributed by atoms with Gasteiger partial charge < -0.3 is 10.4 Å². The summed E-state index contributed by atoms with van der Waals surface area (Å²) in [6, 6.07) is 2.83. The Bertz CT molecular complexity index is 481. The van der Waals surface area contributed by atoms with E-state index < -0.39 is 5.97 Å². The van der Waals surface area contributed by atoms with E-state index in [1.807, 2.05) is 20.8 Å². The normalized spacial score (nSPS) is 11.1. The van der Waals surface area contributed by atoms with Crippen molar-refractivity contribution in [3.8, 4) is 0 Å². The van der Waals surface area contributed by atoms with Gasteiger partial charge in [-0.25, -0.2) is 9.78 Å². The smallest absolute Gasteiger partial charge is 0.337 e. The summed E-state index contributed by atoms with van der Waals surface area (Å²) in [6.07, 6.45) is 0.797. The Labute approximate surface area is 106 Å². The van der Waals surface area contributed by atoms with Gasteiger partial charge in [-0.15, -0.1) is 0 Å². The second-order valence-corrected chi connectivity index (χ2v) is 4.83. The number of hydrogen-bond donors (Lipinski definition) is 2. The third-order valence-electron chi connectivity index (χ3n) is 2.88. The molecule has 1 rings (SSSR count). The number of rotatable bonds is 4. The molecule has 1 aromatic rings. The number of nitrogens with one attached hydrogen (secondary N) is 1. The van der Waals surface area contributed by atoms with Gasteiger partial charge in [-0.2, -0.15) is 0 Å². The Morgan fingerprint density at radius 3 is 2.44 bits per heavy atom. The van der Waals surface area contributed by atoms with Crippen molar-refractivity contribution in [1.82, 2.24) is 10.3 Å². The van der Waals surface area contributed by atoms with Crippen molar-refractivity contribution in [1.29, 1.82) is 0 Å². The standard InChI is InChI=1S/C13H18N2O3/c1-5-13(3,4)15-11(16)10-7-6-9(12(17)18)8(2)14-10/h6-7H,5H2,1-4H3,(H,15,16)(H,17,18). The predicted octanol–water partition coefficient (Wildman–Crippen LogP) is 2.01. The number of aromatic nitrogens is 1. The molecule has 1 amide bonds. The minimum Gasteiger partial charge on any atom is -0.478 e. The van der Waals surface area contributed by atoms with Gasteiger partial charge in [-0.1, -0.05) is 6.92 Å². The Hall–Kier alpha value is -1.91. The summed E-state index contributed by atoms with van der Waals surface area (Å²) in [5.41, 5.74) is 0.378. The van der Waals surface area contributed by atoms with Crippen LogP contribution in [0.15, 0.2) is 12.1 Å². The second kappa shape index (κ2) is 5.16. The molecule has 1 heterocycles. The average Bonchev–Trinajstić information content (AvgIpc) is 2.27. The lowest BCUT2D eigenvalue weighted by Gasteiger charge is -2.24. The molecule has 5 heteroatoms. The number of aryl methyl sites for hydroxylation is 1. The molecular weight excluding hydrogens is 232 g/mol. The van der Waals surface area contributed by atoms with Gasteiger partial charge in [0.15, 0.2) is 0 Å². The fraction of sp³-hybridized carbons (Fsp3) is 0.462. The lowest BCUT2D eigenvalue weighted by atomic mass is 10.0. The number of carboxylic acid groups (broad SMARTS) is 1. The average molecular weight is 250 g/mol. The summed E-state index contributed by atoms with van der Waals surface area (Å²) in [5.74, 6) is -1.33. The van der Waals surface area contributed by atoms with Gasteiger partial charge in [0.1, 0.15) is 5.69 Å². The van der Waals surface area contributed by atoms with Crippen molar-refractivity contribution in [2.24, 2.45) is 0 Å². The minimum absolute atomic E-state index is 0.112. The van der Waals surface area contributed by atoms with E-state index in [1.165, 1.54) is 12.1 Å². The predicted molar refractivity (Wildman–Crippen MR) is 67.8 cm³/mol. The molecule has 0 spiro atoms. The molecule has 0 unspecified atom stereocenters. The van der Waals surface area contributed by atoms with Crippen LogP contribution in [0.2, 0.25) is 0 Å². The summed E-state index contributed by atoms with van der Waals surface area (Å²) in [4.78, 5) is 26.8. The Kier molecular flexibility index (Phi) is 4.06. The molecule has 0 saturated heterocycles. The largest absolute Gasteiger partial charge is 0.478 e. The van der Waals surface area contributed by atoms with E-state index in [1.54, 1.807) is 6.92 Å². The fourth-order valence-corrected chi connectivity index (χ4v) is 1.37. The van der Waals surface area contributed by atoms with Crippen LogP contribution < -0.4 is 5.32 Å². The molecule has 1 aromatic heterocycles. The molecule has 18 heavy (non-hydrogen) atoms. The van der Waals surface area contributed by atoms with Crippen LogP contribution in [-0.2, 0) is 0 Å². The maximum atomic E-state index is 11.9. The molecule has 0 radical (unpaired) electrons. The molecule has 0 aliphatic rings. The molecule has 0 saturated carbocycles. The summed E-state index contributed by atoms with van der Waals surface area (Å²) < 4.78 is 0. The minimum atomic E-state index is -1.04. The molecule has 0 aromatic carbocycles. The van der Waals surface area contributed by atoms with Crippen molar-refractivity contribution in [2.45, 2.75) is 39.7 Å².